The number of likely N-dealkylation sites (tertiary alicyclic amines) is 1. The van der Waals surface area contributed by atoms with Gasteiger partial charge in [-0.1, -0.05) is 6.92 Å². The molecule has 1 amide bonds. The summed E-state index contributed by atoms with van der Waals surface area (Å²) in [5, 5.41) is 30.3. The molecule has 10 heteroatoms. The average molecular weight is 425 g/mol. The van der Waals surface area contributed by atoms with E-state index in [4.69, 9.17) is 10.00 Å². The number of aliphatic hydroxyl groups is 1. The largest absolute Gasteiger partial charge is 0.363 e. The van der Waals surface area contributed by atoms with E-state index in [1.165, 1.54) is 6.33 Å². The number of hydrogen-bond acceptors (Lipinski definition) is 8. The maximum atomic E-state index is 13.2. The zero-order valence-electron chi connectivity index (χ0n) is 17.9. The van der Waals surface area contributed by atoms with Gasteiger partial charge >= 0.3 is 0 Å². The van der Waals surface area contributed by atoms with Crippen LogP contribution in [0.2, 0.25) is 0 Å². The molecule has 4 atom stereocenters. The van der Waals surface area contributed by atoms with Gasteiger partial charge in [-0.25, -0.2) is 9.97 Å². The van der Waals surface area contributed by atoms with Crippen LogP contribution in [-0.4, -0.2) is 69.4 Å². The second-order valence-corrected chi connectivity index (χ2v) is 7.84. The average Bonchev–Trinajstić information content (AvgIpc) is 3.23. The van der Waals surface area contributed by atoms with Crippen molar-refractivity contribution in [3.63, 3.8) is 0 Å². The Morgan fingerprint density at radius 2 is 2.29 bits per heavy atom. The third kappa shape index (κ3) is 4.31. The molecule has 3 rings (SSSR count). The lowest BCUT2D eigenvalue weighted by atomic mass is 9.89. The minimum absolute atomic E-state index is 0.0544. The van der Waals surface area contributed by atoms with Gasteiger partial charge in [0, 0.05) is 32.9 Å². The lowest BCUT2D eigenvalue weighted by molar-refractivity contribution is -0.222. The summed E-state index contributed by atoms with van der Waals surface area (Å²) >= 11 is 0. The van der Waals surface area contributed by atoms with Crippen molar-refractivity contribution in [2.45, 2.75) is 38.5 Å². The number of aromatic nitrogens is 3. The third-order valence-electron chi connectivity index (χ3n) is 5.95. The molecule has 0 radical (unpaired) electrons. The van der Waals surface area contributed by atoms with E-state index >= 15 is 0 Å². The first kappa shape index (κ1) is 22.5. The van der Waals surface area contributed by atoms with Crippen molar-refractivity contribution >= 4 is 22.8 Å². The van der Waals surface area contributed by atoms with Crippen molar-refractivity contribution in [3.05, 3.63) is 18.6 Å². The highest BCUT2D eigenvalue weighted by Gasteiger charge is 2.46. The molecule has 2 aromatic rings. The fourth-order valence-corrected chi connectivity index (χ4v) is 4.18. The first-order valence-corrected chi connectivity index (χ1v) is 10.3. The van der Waals surface area contributed by atoms with Crippen molar-refractivity contribution in [3.8, 4) is 12.1 Å². The van der Waals surface area contributed by atoms with Crippen molar-refractivity contribution in [1.82, 2.24) is 19.9 Å². The molecule has 0 aliphatic carbocycles. The van der Waals surface area contributed by atoms with E-state index in [1.807, 2.05) is 30.2 Å². The van der Waals surface area contributed by atoms with Gasteiger partial charge in [-0.2, -0.15) is 10.5 Å². The maximum absolute atomic E-state index is 13.2. The van der Waals surface area contributed by atoms with Crippen LogP contribution in [0.3, 0.4) is 0 Å². The Bertz CT molecular complexity index is 1010. The summed E-state index contributed by atoms with van der Waals surface area (Å²) in [5.74, 6) is -3.13. The monoisotopic (exact) mass is 425 g/mol. The molecule has 0 saturated carbocycles. The van der Waals surface area contributed by atoms with Crippen molar-refractivity contribution in [1.29, 1.82) is 10.5 Å². The summed E-state index contributed by atoms with van der Waals surface area (Å²) in [6.45, 7) is 4.65. The predicted octanol–water partition coefficient (Wildman–Crippen LogP) is 1.41. The minimum Gasteiger partial charge on any atom is -0.363 e. The molecule has 164 valence electrons. The van der Waals surface area contributed by atoms with E-state index in [-0.39, 0.29) is 18.6 Å². The highest BCUT2D eigenvalue weighted by Crippen LogP contribution is 2.31. The molecule has 0 bridgehead atoms. The molecule has 2 unspecified atom stereocenters. The van der Waals surface area contributed by atoms with Crippen LogP contribution in [0, 0.1) is 34.5 Å². The number of likely N-dealkylation sites (N-methyl/N-ethyl adjacent to an activating group) is 1. The predicted molar refractivity (Wildman–Crippen MR) is 112 cm³/mol. The first-order valence-electron chi connectivity index (χ1n) is 10.3. The Balaban J connectivity index is 1.84. The van der Waals surface area contributed by atoms with Crippen LogP contribution < -0.4 is 4.90 Å². The molecular weight excluding hydrogens is 398 g/mol. The van der Waals surface area contributed by atoms with Crippen molar-refractivity contribution in [2.24, 2.45) is 11.8 Å². The number of nitrogens with one attached hydrogen (secondary N) is 1. The number of hydrogen-bond donors (Lipinski definition) is 2. The number of amides is 1. The Hall–Kier alpha value is -3.21. The van der Waals surface area contributed by atoms with E-state index in [0.29, 0.717) is 13.1 Å². The van der Waals surface area contributed by atoms with Crippen LogP contribution in [0.1, 0.15) is 26.7 Å². The number of carbonyl (C=O) groups excluding carboxylic acids is 1. The van der Waals surface area contributed by atoms with Crippen molar-refractivity contribution in [2.75, 3.05) is 31.6 Å². The van der Waals surface area contributed by atoms with Gasteiger partial charge in [0.05, 0.1) is 30.0 Å². The number of aromatic amines is 1. The second-order valence-electron chi connectivity index (χ2n) is 7.84. The Morgan fingerprint density at radius 3 is 2.97 bits per heavy atom. The maximum Gasteiger partial charge on any atom is 0.245 e. The van der Waals surface area contributed by atoms with E-state index in [0.717, 1.165) is 23.3 Å². The molecule has 31 heavy (non-hydrogen) atoms. The number of ether oxygens (including phenoxy) is 1. The molecule has 1 aliphatic rings. The summed E-state index contributed by atoms with van der Waals surface area (Å²) in [5.41, 5.74) is 0.732. The van der Waals surface area contributed by atoms with Crippen LogP contribution in [0.15, 0.2) is 18.6 Å². The van der Waals surface area contributed by atoms with Crippen LogP contribution in [0.4, 0.5) is 5.82 Å². The third-order valence-corrected chi connectivity index (χ3v) is 5.95. The zero-order chi connectivity index (χ0) is 22.6. The summed E-state index contributed by atoms with van der Waals surface area (Å²) in [6, 6.07) is 5.53. The SMILES string of the molecule is CCOC(O)(CC#N)C(C#N)C(=O)N1CC[C@@H](C)[C@@H](N(C)c2ncnc3[nH]ccc23)C1. The number of carbonyl (C=O) groups is 1. The first-order chi connectivity index (χ1) is 14.9. The van der Waals surface area contributed by atoms with Gasteiger partial charge in [0.1, 0.15) is 17.8 Å². The summed E-state index contributed by atoms with van der Waals surface area (Å²) in [7, 11) is 1.93. The van der Waals surface area contributed by atoms with E-state index in [1.54, 1.807) is 18.0 Å². The minimum atomic E-state index is -2.14. The number of fused-ring (bicyclic) bond motifs is 1. The molecule has 1 fully saturated rings. The van der Waals surface area contributed by atoms with Gasteiger partial charge in [-0.3, -0.25) is 4.79 Å². The fourth-order valence-electron chi connectivity index (χ4n) is 4.18. The van der Waals surface area contributed by atoms with Crippen LogP contribution >= 0.6 is 0 Å². The van der Waals surface area contributed by atoms with Crippen molar-refractivity contribution < 1.29 is 14.6 Å². The number of piperidine rings is 1. The smallest absolute Gasteiger partial charge is 0.245 e. The highest BCUT2D eigenvalue weighted by molar-refractivity contribution is 5.87. The highest BCUT2D eigenvalue weighted by atomic mass is 16.6. The Labute approximate surface area is 181 Å². The summed E-state index contributed by atoms with van der Waals surface area (Å²) in [4.78, 5) is 28.6. The molecule has 1 saturated heterocycles. The van der Waals surface area contributed by atoms with Crippen LogP contribution in [0.5, 0.6) is 0 Å². The van der Waals surface area contributed by atoms with Gasteiger partial charge in [0.25, 0.3) is 0 Å². The Kier molecular flexibility index (Phi) is 6.74. The molecule has 0 spiro atoms. The van der Waals surface area contributed by atoms with Gasteiger partial charge in [-0.05, 0) is 25.3 Å². The van der Waals surface area contributed by atoms with Gasteiger partial charge in [0.2, 0.25) is 11.7 Å². The normalized spacial score (nSPS) is 21.7. The number of anilines is 1. The second kappa shape index (κ2) is 9.29. The quantitative estimate of drug-likeness (QED) is 0.634. The van der Waals surface area contributed by atoms with Gasteiger partial charge in [-0.15, -0.1) is 0 Å². The van der Waals surface area contributed by atoms with Crippen LogP contribution in [-0.2, 0) is 9.53 Å². The molecule has 0 aromatic carbocycles. The summed E-state index contributed by atoms with van der Waals surface area (Å²) < 4.78 is 5.27. The molecular formula is C21H27N7O3. The van der Waals surface area contributed by atoms with E-state index < -0.39 is 24.0 Å². The lowest BCUT2D eigenvalue weighted by Crippen LogP contribution is -2.57. The Morgan fingerprint density at radius 1 is 1.52 bits per heavy atom. The molecule has 10 nitrogen and oxygen atoms in total. The lowest BCUT2D eigenvalue weighted by Gasteiger charge is -2.43. The zero-order valence-corrected chi connectivity index (χ0v) is 17.9. The molecule has 2 aromatic heterocycles. The number of nitrogens with zero attached hydrogens (tertiary/aromatic N) is 6. The number of rotatable bonds is 7. The summed E-state index contributed by atoms with van der Waals surface area (Å²) in [6.07, 6.45) is 3.56. The van der Waals surface area contributed by atoms with Gasteiger partial charge < -0.3 is 24.6 Å². The fraction of sp³-hybridized carbons (Fsp3) is 0.571. The van der Waals surface area contributed by atoms with E-state index in [2.05, 4.69) is 21.9 Å². The molecule has 3 heterocycles. The standard InChI is InChI=1S/C21H27N7O3/c1-4-31-21(30,7-8-22)16(11-23)20(29)28-10-6-14(2)17(12-28)27(3)19-15-5-9-24-18(15)25-13-26-19/h5,9,13-14,16-17,30H,4,6-7,10,12H2,1-3H3,(H,24,25,26)/t14-,16?,17+,21?/m1/s1. The topological polar surface area (TPSA) is 142 Å². The van der Waals surface area contributed by atoms with E-state index in [9.17, 15) is 15.2 Å². The molecule has 2 N–H and O–H groups in total. The number of H-pyrrole nitrogens is 1. The van der Waals surface area contributed by atoms with Gasteiger partial charge in [0.15, 0.2) is 5.92 Å². The molecule has 1 aliphatic heterocycles. The number of nitriles is 2. The van der Waals surface area contributed by atoms with Crippen LogP contribution in [0.25, 0.3) is 11.0 Å².